The van der Waals surface area contributed by atoms with E-state index < -0.39 is 23.7 Å². The van der Waals surface area contributed by atoms with Gasteiger partial charge >= 0.3 is 11.9 Å². The molecule has 0 saturated carbocycles. The third-order valence-corrected chi connectivity index (χ3v) is 6.82. The van der Waals surface area contributed by atoms with Crippen LogP contribution in [0.4, 0.5) is 5.13 Å². The number of esters is 1. The second-order valence-corrected chi connectivity index (χ2v) is 8.99. The summed E-state index contributed by atoms with van der Waals surface area (Å²) >= 11 is 6.99. The van der Waals surface area contributed by atoms with Crippen molar-refractivity contribution in [3.05, 3.63) is 80.8 Å². The van der Waals surface area contributed by atoms with Gasteiger partial charge in [0, 0.05) is 10.6 Å². The summed E-state index contributed by atoms with van der Waals surface area (Å²) in [6.45, 7) is 3.95. The van der Waals surface area contributed by atoms with Crippen LogP contribution in [0.1, 0.15) is 39.5 Å². The number of ether oxygens (including phenoxy) is 2. The number of amides is 1. The van der Waals surface area contributed by atoms with Crippen LogP contribution in [-0.2, 0) is 14.3 Å². The van der Waals surface area contributed by atoms with E-state index in [4.69, 9.17) is 21.1 Å². The number of ketones is 1. The summed E-state index contributed by atoms with van der Waals surface area (Å²) in [5.41, 5.74) is 1.14. The molecule has 1 amide bonds. The van der Waals surface area contributed by atoms with E-state index in [9.17, 15) is 19.5 Å². The van der Waals surface area contributed by atoms with Gasteiger partial charge in [0.05, 0.1) is 31.0 Å². The molecular weight excluding hydrogens is 492 g/mol. The summed E-state index contributed by atoms with van der Waals surface area (Å²) in [5, 5.41) is 11.8. The Morgan fingerprint density at radius 1 is 1.14 bits per heavy atom. The Balaban J connectivity index is 1.89. The zero-order chi connectivity index (χ0) is 25.3. The number of aryl methyl sites for hydroxylation is 1. The van der Waals surface area contributed by atoms with Crippen molar-refractivity contribution in [2.45, 2.75) is 19.9 Å². The molecule has 1 unspecified atom stereocenters. The normalized spacial score (nSPS) is 17.0. The lowest BCUT2D eigenvalue weighted by molar-refractivity contribution is -0.132. The standard InChI is InChI=1S/C25H21ClN2O6S/c1-4-34-17-11-7-15(8-12-17)20(29)18-19(14-5-9-16(26)10-6-14)28(23(31)21(18)30)25-27-13(2)22(35-25)24(32)33-3/h5-12,19,29H,4H2,1-3H3. The average molecular weight is 513 g/mol. The molecule has 0 spiro atoms. The van der Waals surface area contributed by atoms with E-state index in [1.165, 1.54) is 12.0 Å². The lowest BCUT2D eigenvalue weighted by Crippen LogP contribution is -2.29. The molecular formula is C25H21ClN2O6S. The molecule has 8 nitrogen and oxygen atoms in total. The zero-order valence-electron chi connectivity index (χ0n) is 19.1. The summed E-state index contributed by atoms with van der Waals surface area (Å²) in [4.78, 5) is 44.4. The van der Waals surface area contributed by atoms with E-state index in [1.54, 1.807) is 55.5 Å². The van der Waals surface area contributed by atoms with Gasteiger partial charge in [-0.2, -0.15) is 0 Å². The molecule has 1 aliphatic rings. The fraction of sp³-hybridized carbons (Fsp3) is 0.200. The van der Waals surface area contributed by atoms with E-state index in [0.29, 0.717) is 34.2 Å². The highest BCUT2D eigenvalue weighted by Gasteiger charge is 2.48. The molecule has 1 saturated heterocycles. The van der Waals surface area contributed by atoms with Crippen LogP contribution in [0, 0.1) is 6.92 Å². The van der Waals surface area contributed by atoms with Gasteiger partial charge in [0.25, 0.3) is 5.78 Å². The van der Waals surface area contributed by atoms with Gasteiger partial charge in [-0.05, 0) is 55.8 Å². The fourth-order valence-corrected chi connectivity index (χ4v) is 4.93. The van der Waals surface area contributed by atoms with Crippen molar-refractivity contribution in [1.82, 2.24) is 4.98 Å². The maximum absolute atomic E-state index is 13.2. The SMILES string of the molecule is CCOc1ccc(C(O)=C2C(=O)C(=O)N(c3nc(C)c(C(=O)OC)s3)C2c2ccc(Cl)cc2)cc1. The second kappa shape index (κ2) is 9.89. The molecule has 3 aromatic rings. The lowest BCUT2D eigenvalue weighted by Gasteiger charge is -2.23. The van der Waals surface area contributed by atoms with Gasteiger partial charge in [0.15, 0.2) is 5.13 Å². The minimum absolute atomic E-state index is 0.103. The molecule has 0 radical (unpaired) electrons. The van der Waals surface area contributed by atoms with Crippen LogP contribution in [0.2, 0.25) is 5.02 Å². The van der Waals surface area contributed by atoms with E-state index in [1.807, 2.05) is 6.92 Å². The van der Waals surface area contributed by atoms with Crippen molar-refractivity contribution in [2.24, 2.45) is 0 Å². The predicted octanol–water partition coefficient (Wildman–Crippen LogP) is 4.92. The molecule has 0 bridgehead atoms. The number of aliphatic hydroxyl groups is 1. The molecule has 35 heavy (non-hydrogen) atoms. The number of nitrogens with zero attached hydrogens (tertiary/aromatic N) is 2. The number of rotatable bonds is 6. The third-order valence-electron chi connectivity index (χ3n) is 5.43. The molecule has 1 atom stereocenters. The van der Waals surface area contributed by atoms with Crippen LogP contribution >= 0.6 is 22.9 Å². The minimum Gasteiger partial charge on any atom is -0.507 e. The fourth-order valence-electron chi connectivity index (χ4n) is 3.79. The number of carbonyl (C=O) groups is 3. The van der Waals surface area contributed by atoms with Crippen LogP contribution in [0.25, 0.3) is 5.76 Å². The molecule has 2 heterocycles. The molecule has 1 fully saturated rings. The molecule has 0 aliphatic carbocycles. The zero-order valence-corrected chi connectivity index (χ0v) is 20.6. The van der Waals surface area contributed by atoms with Gasteiger partial charge in [-0.15, -0.1) is 0 Å². The Hall–Kier alpha value is -3.69. The Labute approximate surface area is 210 Å². The highest BCUT2D eigenvalue weighted by atomic mass is 35.5. The Morgan fingerprint density at radius 2 is 1.80 bits per heavy atom. The number of methoxy groups -OCH3 is 1. The number of hydrogen-bond donors (Lipinski definition) is 1. The average Bonchev–Trinajstić information content (AvgIpc) is 3.36. The van der Waals surface area contributed by atoms with Crippen LogP contribution < -0.4 is 9.64 Å². The first kappa shape index (κ1) is 24.4. The van der Waals surface area contributed by atoms with Crippen LogP contribution in [-0.4, -0.2) is 41.5 Å². The highest BCUT2D eigenvalue weighted by molar-refractivity contribution is 7.17. The molecule has 2 aromatic carbocycles. The molecule has 4 rings (SSSR count). The first-order chi connectivity index (χ1) is 16.8. The van der Waals surface area contributed by atoms with E-state index in [0.717, 1.165) is 11.3 Å². The van der Waals surface area contributed by atoms with Crippen LogP contribution in [0.5, 0.6) is 5.75 Å². The van der Waals surface area contributed by atoms with Gasteiger partial charge in [0.1, 0.15) is 16.4 Å². The first-order valence-electron chi connectivity index (χ1n) is 10.6. The predicted molar refractivity (Wildman–Crippen MR) is 132 cm³/mol. The van der Waals surface area contributed by atoms with Crippen LogP contribution in [0.15, 0.2) is 54.1 Å². The van der Waals surface area contributed by atoms with Gasteiger partial charge < -0.3 is 14.6 Å². The third kappa shape index (κ3) is 4.52. The Kier molecular flexibility index (Phi) is 6.90. The maximum Gasteiger partial charge on any atom is 0.350 e. The summed E-state index contributed by atoms with van der Waals surface area (Å²) in [6.07, 6.45) is 0. The van der Waals surface area contributed by atoms with E-state index in [-0.39, 0.29) is 21.3 Å². The van der Waals surface area contributed by atoms with Crippen molar-refractivity contribution in [3.63, 3.8) is 0 Å². The number of anilines is 1. The first-order valence-corrected chi connectivity index (χ1v) is 11.8. The van der Waals surface area contributed by atoms with E-state index >= 15 is 0 Å². The molecule has 180 valence electrons. The topological polar surface area (TPSA) is 106 Å². The Bertz CT molecular complexity index is 1330. The summed E-state index contributed by atoms with van der Waals surface area (Å²) in [6, 6.07) is 12.1. The Morgan fingerprint density at radius 3 is 2.40 bits per heavy atom. The van der Waals surface area contributed by atoms with Crippen LogP contribution in [0.3, 0.4) is 0 Å². The van der Waals surface area contributed by atoms with Gasteiger partial charge in [0.2, 0.25) is 0 Å². The number of halogens is 1. The molecule has 1 aromatic heterocycles. The number of thiazole rings is 1. The number of benzene rings is 2. The largest absolute Gasteiger partial charge is 0.507 e. The molecule has 1 N–H and O–H groups in total. The van der Waals surface area contributed by atoms with Crippen molar-refractivity contribution < 1.29 is 29.0 Å². The van der Waals surface area contributed by atoms with Crippen molar-refractivity contribution in [1.29, 1.82) is 0 Å². The van der Waals surface area contributed by atoms with Crippen molar-refractivity contribution >= 4 is 51.5 Å². The highest BCUT2D eigenvalue weighted by Crippen LogP contribution is 2.44. The number of aliphatic hydroxyl groups excluding tert-OH is 1. The second-order valence-electron chi connectivity index (χ2n) is 7.58. The summed E-state index contributed by atoms with van der Waals surface area (Å²) in [7, 11) is 1.25. The smallest absolute Gasteiger partial charge is 0.350 e. The molecule has 10 heteroatoms. The minimum atomic E-state index is -0.991. The monoisotopic (exact) mass is 512 g/mol. The quantitative estimate of drug-likeness (QED) is 0.216. The summed E-state index contributed by atoms with van der Waals surface area (Å²) < 4.78 is 10.2. The van der Waals surface area contributed by atoms with E-state index in [2.05, 4.69) is 4.98 Å². The number of hydrogen-bond acceptors (Lipinski definition) is 8. The number of carbonyl (C=O) groups excluding carboxylic acids is 3. The molecule has 1 aliphatic heterocycles. The van der Waals surface area contributed by atoms with Gasteiger partial charge in [-0.1, -0.05) is 35.1 Å². The summed E-state index contributed by atoms with van der Waals surface area (Å²) in [5.74, 6) is -2.07. The lowest BCUT2D eigenvalue weighted by atomic mass is 9.95. The van der Waals surface area contributed by atoms with Gasteiger partial charge in [-0.3, -0.25) is 14.5 Å². The van der Waals surface area contributed by atoms with Crippen molar-refractivity contribution in [2.75, 3.05) is 18.6 Å². The number of aromatic nitrogens is 1. The van der Waals surface area contributed by atoms with Crippen molar-refractivity contribution in [3.8, 4) is 5.75 Å². The van der Waals surface area contributed by atoms with Gasteiger partial charge in [-0.25, -0.2) is 9.78 Å². The number of Topliss-reactive ketones (excluding diaryl/α,β-unsaturated/α-hetero) is 1. The maximum atomic E-state index is 13.2.